The van der Waals surface area contributed by atoms with Gasteiger partial charge >= 0.3 is 0 Å². The van der Waals surface area contributed by atoms with Crippen molar-refractivity contribution in [3.63, 3.8) is 0 Å². The number of halogens is 1. The third-order valence-corrected chi connectivity index (χ3v) is 5.09. The SMILES string of the molecule is CC(=O)Nc1cc(F)cc(Nc2ncnc(N3CCC(OCc4ccccc4)CC3)n2)c1. The van der Waals surface area contributed by atoms with E-state index >= 15 is 0 Å². The van der Waals surface area contributed by atoms with Crippen LogP contribution in [0, 0.1) is 5.82 Å². The Morgan fingerprint density at radius 1 is 1.12 bits per heavy atom. The van der Waals surface area contributed by atoms with Crippen LogP contribution >= 0.6 is 0 Å². The lowest BCUT2D eigenvalue weighted by molar-refractivity contribution is -0.114. The summed E-state index contributed by atoms with van der Waals surface area (Å²) in [6.07, 6.45) is 3.39. The van der Waals surface area contributed by atoms with Crippen molar-refractivity contribution in [2.24, 2.45) is 0 Å². The van der Waals surface area contributed by atoms with Crippen LogP contribution in [0.15, 0.2) is 54.9 Å². The number of hydrogen-bond acceptors (Lipinski definition) is 7. The summed E-state index contributed by atoms with van der Waals surface area (Å²) in [5.74, 6) is 0.102. The molecular formula is C23H25FN6O2. The zero-order valence-corrected chi connectivity index (χ0v) is 17.8. The molecule has 0 bridgehead atoms. The van der Waals surface area contributed by atoms with Gasteiger partial charge < -0.3 is 20.3 Å². The van der Waals surface area contributed by atoms with E-state index in [4.69, 9.17) is 4.74 Å². The number of carbonyl (C=O) groups excluding carboxylic acids is 1. The van der Waals surface area contributed by atoms with E-state index in [0.717, 1.165) is 25.9 Å². The fourth-order valence-electron chi connectivity index (χ4n) is 3.58. The second-order valence-corrected chi connectivity index (χ2v) is 7.63. The van der Waals surface area contributed by atoms with Crippen LogP contribution in [-0.4, -0.2) is 40.1 Å². The zero-order valence-electron chi connectivity index (χ0n) is 17.8. The van der Waals surface area contributed by atoms with Crippen LogP contribution in [0.3, 0.4) is 0 Å². The Morgan fingerprint density at radius 2 is 1.88 bits per heavy atom. The average Bonchev–Trinajstić information content (AvgIpc) is 2.78. The van der Waals surface area contributed by atoms with E-state index in [1.807, 2.05) is 18.2 Å². The van der Waals surface area contributed by atoms with E-state index in [-0.39, 0.29) is 12.0 Å². The predicted molar refractivity (Wildman–Crippen MR) is 120 cm³/mol. The summed E-state index contributed by atoms with van der Waals surface area (Å²) < 4.78 is 19.9. The minimum Gasteiger partial charge on any atom is -0.373 e. The van der Waals surface area contributed by atoms with Crippen LogP contribution in [0.1, 0.15) is 25.3 Å². The molecule has 8 nitrogen and oxygen atoms in total. The number of hydrogen-bond donors (Lipinski definition) is 2. The van der Waals surface area contributed by atoms with Crippen molar-refractivity contribution < 1.29 is 13.9 Å². The first-order chi connectivity index (χ1) is 15.5. The second kappa shape index (κ2) is 10.1. The van der Waals surface area contributed by atoms with Crippen LogP contribution in [0.25, 0.3) is 0 Å². The number of amides is 1. The first-order valence-electron chi connectivity index (χ1n) is 10.5. The molecule has 1 aliphatic rings. The second-order valence-electron chi connectivity index (χ2n) is 7.63. The zero-order chi connectivity index (χ0) is 22.3. The molecule has 1 aromatic heterocycles. The lowest BCUT2D eigenvalue weighted by atomic mass is 10.1. The highest BCUT2D eigenvalue weighted by Gasteiger charge is 2.22. The Hall–Kier alpha value is -3.59. The molecule has 2 N–H and O–H groups in total. The highest BCUT2D eigenvalue weighted by molar-refractivity contribution is 5.89. The monoisotopic (exact) mass is 436 g/mol. The van der Waals surface area contributed by atoms with Gasteiger partial charge in [0.05, 0.1) is 12.7 Å². The van der Waals surface area contributed by atoms with Gasteiger partial charge in [-0.25, -0.2) is 14.4 Å². The average molecular weight is 436 g/mol. The van der Waals surface area contributed by atoms with Gasteiger partial charge in [-0.2, -0.15) is 4.98 Å². The molecule has 1 saturated heterocycles. The third kappa shape index (κ3) is 5.98. The van der Waals surface area contributed by atoms with Gasteiger partial charge in [-0.3, -0.25) is 4.79 Å². The number of ether oxygens (including phenoxy) is 1. The molecule has 0 saturated carbocycles. The Kier molecular flexibility index (Phi) is 6.86. The molecule has 166 valence electrons. The summed E-state index contributed by atoms with van der Waals surface area (Å²) in [5.41, 5.74) is 1.95. The summed E-state index contributed by atoms with van der Waals surface area (Å²) >= 11 is 0. The molecule has 1 amide bonds. The van der Waals surface area contributed by atoms with Crippen molar-refractivity contribution >= 4 is 29.2 Å². The molecule has 9 heteroatoms. The number of benzene rings is 2. The molecule has 3 aromatic rings. The minimum atomic E-state index is -0.481. The number of piperidine rings is 1. The van der Waals surface area contributed by atoms with Crippen molar-refractivity contribution in [3.8, 4) is 0 Å². The third-order valence-electron chi connectivity index (χ3n) is 5.09. The molecule has 0 unspecified atom stereocenters. The summed E-state index contributed by atoms with van der Waals surface area (Å²) in [7, 11) is 0. The molecule has 0 atom stereocenters. The number of carbonyl (C=O) groups is 1. The Balaban J connectivity index is 1.34. The number of nitrogens with one attached hydrogen (secondary N) is 2. The van der Waals surface area contributed by atoms with Gasteiger partial charge in [0.1, 0.15) is 12.1 Å². The normalized spacial score (nSPS) is 14.2. The lowest BCUT2D eigenvalue weighted by Crippen LogP contribution is -2.38. The quantitative estimate of drug-likeness (QED) is 0.580. The number of rotatable bonds is 7. The van der Waals surface area contributed by atoms with E-state index in [2.05, 4.69) is 42.6 Å². The van der Waals surface area contributed by atoms with Crippen LogP contribution in [0.4, 0.5) is 27.7 Å². The Bertz CT molecular complexity index is 1060. The number of anilines is 4. The van der Waals surface area contributed by atoms with Crippen molar-refractivity contribution in [1.82, 2.24) is 15.0 Å². The molecule has 1 aliphatic heterocycles. The topological polar surface area (TPSA) is 92.3 Å². The molecule has 2 heterocycles. The maximum absolute atomic E-state index is 13.9. The van der Waals surface area contributed by atoms with Gasteiger partial charge in [0.15, 0.2) is 0 Å². The summed E-state index contributed by atoms with van der Waals surface area (Å²) in [5, 5.41) is 5.55. The molecule has 4 rings (SSSR count). The van der Waals surface area contributed by atoms with Gasteiger partial charge in [0, 0.05) is 31.4 Å². The summed E-state index contributed by atoms with van der Waals surface area (Å²) in [6.45, 7) is 3.52. The minimum absolute atomic E-state index is 0.199. The summed E-state index contributed by atoms with van der Waals surface area (Å²) in [4.78, 5) is 26.2. The van der Waals surface area contributed by atoms with Crippen LogP contribution < -0.4 is 15.5 Å². The highest BCUT2D eigenvalue weighted by atomic mass is 19.1. The van der Waals surface area contributed by atoms with Gasteiger partial charge in [0.2, 0.25) is 17.8 Å². The maximum Gasteiger partial charge on any atom is 0.232 e. The molecule has 1 fully saturated rings. The maximum atomic E-state index is 13.9. The molecule has 0 spiro atoms. The Labute approximate surface area is 185 Å². The number of aromatic nitrogens is 3. The van der Waals surface area contributed by atoms with Crippen molar-refractivity contribution in [3.05, 3.63) is 66.2 Å². The molecule has 2 aromatic carbocycles. The van der Waals surface area contributed by atoms with Gasteiger partial charge in [-0.05, 0) is 36.6 Å². The summed E-state index contributed by atoms with van der Waals surface area (Å²) in [6, 6.07) is 14.3. The van der Waals surface area contributed by atoms with Crippen molar-refractivity contribution in [1.29, 1.82) is 0 Å². The van der Waals surface area contributed by atoms with Crippen molar-refractivity contribution in [2.75, 3.05) is 28.6 Å². The molecule has 0 aliphatic carbocycles. The molecular weight excluding hydrogens is 411 g/mol. The van der Waals surface area contributed by atoms with Gasteiger partial charge in [-0.1, -0.05) is 30.3 Å². The molecule has 32 heavy (non-hydrogen) atoms. The van der Waals surface area contributed by atoms with Crippen LogP contribution in [-0.2, 0) is 16.1 Å². The van der Waals surface area contributed by atoms with Crippen molar-refractivity contribution in [2.45, 2.75) is 32.5 Å². The van der Waals surface area contributed by atoms with Gasteiger partial charge in [-0.15, -0.1) is 0 Å². The standard InChI is InChI=1S/C23H25FN6O2/c1-16(31)27-19-11-18(24)12-20(13-19)28-22-25-15-26-23(29-22)30-9-7-21(8-10-30)32-14-17-5-3-2-4-6-17/h2-6,11-13,15,21H,7-10,14H2,1H3,(H,27,31)(H,25,26,28,29). The number of nitrogens with zero attached hydrogens (tertiary/aromatic N) is 4. The van der Waals surface area contributed by atoms with E-state index in [1.165, 1.54) is 30.9 Å². The van der Waals surface area contributed by atoms with E-state index in [9.17, 15) is 9.18 Å². The van der Waals surface area contributed by atoms with Crippen LogP contribution in [0.5, 0.6) is 0 Å². The lowest BCUT2D eigenvalue weighted by Gasteiger charge is -2.31. The molecule has 0 radical (unpaired) electrons. The van der Waals surface area contributed by atoms with E-state index in [1.54, 1.807) is 6.07 Å². The van der Waals surface area contributed by atoms with E-state index < -0.39 is 5.82 Å². The Morgan fingerprint density at radius 3 is 2.62 bits per heavy atom. The van der Waals surface area contributed by atoms with E-state index in [0.29, 0.717) is 29.9 Å². The fraction of sp³-hybridized carbons (Fsp3) is 0.304. The smallest absolute Gasteiger partial charge is 0.232 e. The first-order valence-corrected chi connectivity index (χ1v) is 10.5. The first kappa shape index (κ1) is 21.6. The fourth-order valence-corrected chi connectivity index (χ4v) is 3.58. The van der Waals surface area contributed by atoms with Crippen LogP contribution in [0.2, 0.25) is 0 Å². The highest BCUT2D eigenvalue weighted by Crippen LogP contribution is 2.23. The predicted octanol–water partition coefficient (Wildman–Crippen LogP) is 3.90. The van der Waals surface area contributed by atoms with Gasteiger partial charge in [0.25, 0.3) is 0 Å². The largest absolute Gasteiger partial charge is 0.373 e.